The fourth-order valence-electron chi connectivity index (χ4n) is 3.47. The average Bonchev–Trinajstić information content (AvgIpc) is 2.81. The maximum atomic E-state index is 12.9. The Labute approximate surface area is 186 Å². The molecule has 0 heterocycles. The highest BCUT2D eigenvalue weighted by Crippen LogP contribution is 2.26. The molecule has 162 valence electrons. The molecule has 0 saturated heterocycles. The normalized spacial score (nSPS) is 12.3. The summed E-state index contributed by atoms with van der Waals surface area (Å²) in [7, 11) is -2.34. The Morgan fingerprint density at radius 2 is 1.47 bits per heavy atom. The zero-order valence-electron chi connectivity index (χ0n) is 17.4. The molecule has 0 radical (unpaired) electrons. The molecule has 0 fully saturated rings. The van der Waals surface area contributed by atoms with Gasteiger partial charge in [0.05, 0.1) is 10.6 Å². The largest absolute Gasteiger partial charge is 0.367 e. The van der Waals surface area contributed by atoms with E-state index in [4.69, 9.17) is 4.74 Å². The third-order valence-electron chi connectivity index (χ3n) is 5.04. The third kappa shape index (κ3) is 4.64. The Kier molecular flexibility index (Phi) is 6.20. The van der Waals surface area contributed by atoms with Gasteiger partial charge in [-0.05, 0) is 41.3 Å². The Balaban J connectivity index is 1.51. The number of hydrogen-bond acceptors (Lipinski definition) is 4. The third-order valence-corrected chi connectivity index (χ3v) is 6.42. The van der Waals surface area contributed by atoms with Gasteiger partial charge in [-0.1, -0.05) is 66.7 Å². The number of methoxy groups -OCH3 is 1. The van der Waals surface area contributed by atoms with Gasteiger partial charge in [0.2, 0.25) is 0 Å². The molecule has 32 heavy (non-hydrogen) atoms. The van der Waals surface area contributed by atoms with E-state index in [9.17, 15) is 13.2 Å². The van der Waals surface area contributed by atoms with Crippen molar-refractivity contribution in [3.8, 4) is 0 Å². The molecule has 0 spiro atoms. The first-order valence-electron chi connectivity index (χ1n) is 9.97. The number of amides is 1. The first-order valence-corrected chi connectivity index (χ1v) is 11.5. The van der Waals surface area contributed by atoms with E-state index in [1.165, 1.54) is 19.2 Å². The number of carbonyl (C=O) groups excluding carboxylic acids is 1. The molecule has 6 nitrogen and oxygen atoms in total. The number of rotatable bonds is 7. The van der Waals surface area contributed by atoms with E-state index in [0.717, 1.165) is 16.3 Å². The van der Waals surface area contributed by atoms with Gasteiger partial charge in [-0.2, -0.15) is 0 Å². The van der Waals surface area contributed by atoms with Crippen LogP contribution >= 0.6 is 0 Å². The van der Waals surface area contributed by atoms with E-state index in [-0.39, 0.29) is 10.8 Å². The minimum absolute atomic E-state index is 0.0924. The van der Waals surface area contributed by atoms with E-state index in [1.54, 1.807) is 24.3 Å². The highest BCUT2D eigenvalue weighted by molar-refractivity contribution is 7.92. The first-order chi connectivity index (χ1) is 15.5. The summed E-state index contributed by atoms with van der Waals surface area (Å²) in [5.74, 6) is -0.344. The highest BCUT2D eigenvalue weighted by Gasteiger charge is 2.20. The van der Waals surface area contributed by atoms with Crippen molar-refractivity contribution in [2.45, 2.75) is 11.0 Å². The van der Waals surface area contributed by atoms with Gasteiger partial charge in [0, 0.05) is 18.2 Å². The van der Waals surface area contributed by atoms with Gasteiger partial charge in [0.1, 0.15) is 0 Å². The van der Waals surface area contributed by atoms with Crippen LogP contribution in [0, 0.1) is 0 Å². The van der Waals surface area contributed by atoms with E-state index in [2.05, 4.69) is 10.0 Å². The molecule has 7 heteroatoms. The van der Waals surface area contributed by atoms with Crippen LogP contribution in [0.1, 0.15) is 11.7 Å². The molecule has 1 atom stereocenters. The number of anilines is 2. The summed E-state index contributed by atoms with van der Waals surface area (Å²) in [6.07, 6.45) is -0.771. The fourth-order valence-corrected chi connectivity index (χ4v) is 4.55. The molecule has 0 aliphatic heterocycles. The average molecular weight is 447 g/mol. The van der Waals surface area contributed by atoms with Gasteiger partial charge in [0.25, 0.3) is 15.9 Å². The van der Waals surface area contributed by atoms with Crippen LogP contribution in [0.25, 0.3) is 10.8 Å². The van der Waals surface area contributed by atoms with Crippen molar-refractivity contribution in [1.82, 2.24) is 0 Å². The van der Waals surface area contributed by atoms with E-state index < -0.39 is 16.1 Å². The predicted octanol–water partition coefficient (Wildman–Crippen LogP) is 4.97. The summed E-state index contributed by atoms with van der Waals surface area (Å²) in [5, 5.41) is 4.52. The molecular weight excluding hydrogens is 424 g/mol. The van der Waals surface area contributed by atoms with Crippen molar-refractivity contribution in [1.29, 1.82) is 0 Å². The van der Waals surface area contributed by atoms with Crippen LogP contribution in [0.3, 0.4) is 0 Å². The molecule has 2 N–H and O–H groups in total. The van der Waals surface area contributed by atoms with Gasteiger partial charge < -0.3 is 10.1 Å². The van der Waals surface area contributed by atoms with Gasteiger partial charge in [-0.15, -0.1) is 0 Å². The molecular formula is C25H22N2O4S. The van der Waals surface area contributed by atoms with Gasteiger partial charge in [0.15, 0.2) is 6.10 Å². The van der Waals surface area contributed by atoms with Gasteiger partial charge >= 0.3 is 0 Å². The van der Waals surface area contributed by atoms with Crippen molar-refractivity contribution in [2.75, 3.05) is 17.1 Å². The lowest BCUT2D eigenvalue weighted by Gasteiger charge is -2.16. The zero-order chi connectivity index (χ0) is 22.6. The summed E-state index contributed by atoms with van der Waals surface area (Å²) in [6.45, 7) is 0. The second kappa shape index (κ2) is 9.21. The lowest BCUT2D eigenvalue weighted by molar-refractivity contribution is -0.126. The van der Waals surface area contributed by atoms with Gasteiger partial charge in [-0.3, -0.25) is 9.52 Å². The molecule has 0 aromatic heterocycles. The number of fused-ring (bicyclic) bond motifs is 1. The molecule has 0 unspecified atom stereocenters. The lowest BCUT2D eigenvalue weighted by Crippen LogP contribution is -2.22. The standard InChI is InChI=1S/C25H22N2O4S/c1-31-24(19-9-3-2-4-10-19)25(28)26-20-14-16-21(17-15-20)32(29,30)27-23-13-7-11-18-8-5-6-12-22(18)23/h2-17,24,27H,1H3,(H,26,28)/t24-/m1/s1. The maximum Gasteiger partial charge on any atom is 0.261 e. The number of nitrogens with one attached hydrogen (secondary N) is 2. The Hall–Kier alpha value is -3.68. The summed E-state index contributed by atoms with van der Waals surface area (Å²) >= 11 is 0. The fraction of sp³-hybridized carbons (Fsp3) is 0.0800. The van der Waals surface area contributed by atoms with E-state index in [0.29, 0.717) is 11.4 Å². The first kappa shape index (κ1) is 21.5. The van der Waals surface area contributed by atoms with E-state index in [1.807, 2.05) is 60.7 Å². The maximum absolute atomic E-state index is 12.9. The Morgan fingerprint density at radius 1 is 0.812 bits per heavy atom. The van der Waals surface area contributed by atoms with Crippen molar-refractivity contribution in [3.63, 3.8) is 0 Å². The minimum Gasteiger partial charge on any atom is -0.367 e. The van der Waals surface area contributed by atoms with Gasteiger partial charge in [-0.25, -0.2) is 8.42 Å². The molecule has 4 aromatic carbocycles. The summed E-state index contributed by atoms with van der Waals surface area (Å²) in [6, 6.07) is 28.1. The van der Waals surface area contributed by atoms with Crippen molar-refractivity contribution in [3.05, 3.63) is 103 Å². The van der Waals surface area contributed by atoms with Crippen LogP contribution < -0.4 is 10.0 Å². The van der Waals surface area contributed by atoms with Crippen LogP contribution in [0.5, 0.6) is 0 Å². The van der Waals surface area contributed by atoms with Crippen molar-refractivity contribution < 1.29 is 17.9 Å². The molecule has 1 amide bonds. The summed E-state index contributed by atoms with van der Waals surface area (Å²) in [4.78, 5) is 12.7. The molecule has 4 aromatic rings. The van der Waals surface area contributed by atoms with Crippen LogP contribution in [-0.2, 0) is 19.6 Å². The van der Waals surface area contributed by atoms with Crippen molar-refractivity contribution in [2.24, 2.45) is 0 Å². The van der Waals surface area contributed by atoms with E-state index >= 15 is 0 Å². The second-order valence-electron chi connectivity index (χ2n) is 7.17. The number of benzene rings is 4. The molecule has 4 rings (SSSR count). The predicted molar refractivity (Wildman–Crippen MR) is 126 cm³/mol. The number of sulfonamides is 1. The number of carbonyl (C=O) groups is 1. The molecule has 0 saturated carbocycles. The smallest absolute Gasteiger partial charge is 0.261 e. The quantitative estimate of drug-likeness (QED) is 0.420. The Bertz CT molecular complexity index is 1330. The minimum atomic E-state index is -3.80. The summed E-state index contributed by atoms with van der Waals surface area (Å²) in [5.41, 5.74) is 1.70. The second-order valence-corrected chi connectivity index (χ2v) is 8.85. The van der Waals surface area contributed by atoms with Crippen LogP contribution in [-0.4, -0.2) is 21.4 Å². The molecule has 0 bridgehead atoms. The number of ether oxygens (including phenoxy) is 1. The number of hydrogen-bond donors (Lipinski definition) is 2. The van der Waals surface area contributed by atoms with Crippen LogP contribution in [0.4, 0.5) is 11.4 Å². The van der Waals surface area contributed by atoms with Crippen molar-refractivity contribution >= 4 is 38.1 Å². The SMILES string of the molecule is CO[C@@H](C(=O)Nc1ccc(S(=O)(=O)Nc2cccc3ccccc23)cc1)c1ccccc1. The Morgan fingerprint density at radius 3 is 2.19 bits per heavy atom. The van der Waals surface area contributed by atoms with Crippen LogP contribution in [0.15, 0.2) is 102 Å². The zero-order valence-corrected chi connectivity index (χ0v) is 18.2. The molecule has 0 aliphatic carbocycles. The molecule has 0 aliphatic rings. The van der Waals surface area contributed by atoms with Crippen LogP contribution in [0.2, 0.25) is 0 Å². The highest BCUT2D eigenvalue weighted by atomic mass is 32.2. The topological polar surface area (TPSA) is 84.5 Å². The lowest BCUT2D eigenvalue weighted by atomic mass is 10.1. The summed E-state index contributed by atoms with van der Waals surface area (Å²) < 4.78 is 33.8. The monoisotopic (exact) mass is 446 g/mol.